The summed E-state index contributed by atoms with van der Waals surface area (Å²) in [6.07, 6.45) is -6.16. The lowest BCUT2D eigenvalue weighted by Gasteiger charge is -2.14. The molecule has 0 aromatic heterocycles. The third-order valence-corrected chi connectivity index (χ3v) is 3.66. The maximum Gasteiger partial charge on any atom is 0.414 e. The van der Waals surface area contributed by atoms with Gasteiger partial charge in [-0.3, -0.25) is 0 Å². The Hall–Kier alpha value is -1.81. The van der Waals surface area contributed by atoms with Gasteiger partial charge < -0.3 is 5.11 Å². The standard InChI is InChI=1S/C18H19F3O/c1-13-5-9-15(10-6-13)16-11-7-14(8-12-16)3-2-4-17(22)18(19,20)21/h5-12,17,22H,2-4H2,1H3. The van der Waals surface area contributed by atoms with E-state index >= 15 is 0 Å². The molecule has 0 bridgehead atoms. The second kappa shape index (κ2) is 6.97. The molecule has 0 aliphatic carbocycles. The number of benzene rings is 2. The maximum absolute atomic E-state index is 12.2. The van der Waals surface area contributed by atoms with E-state index in [1.54, 1.807) is 0 Å². The zero-order chi connectivity index (χ0) is 16.2. The minimum atomic E-state index is -4.52. The van der Waals surface area contributed by atoms with E-state index in [4.69, 9.17) is 5.11 Å². The van der Waals surface area contributed by atoms with Gasteiger partial charge in [-0.15, -0.1) is 0 Å². The van der Waals surface area contributed by atoms with E-state index in [-0.39, 0.29) is 6.42 Å². The van der Waals surface area contributed by atoms with Crippen LogP contribution in [0.3, 0.4) is 0 Å². The molecule has 1 nitrogen and oxygen atoms in total. The van der Waals surface area contributed by atoms with E-state index in [1.165, 1.54) is 5.56 Å². The topological polar surface area (TPSA) is 20.2 Å². The monoisotopic (exact) mass is 308 g/mol. The molecule has 1 unspecified atom stereocenters. The van der Waals surface area contributed by atoms with Crippen molar-refractivity contribution in [2.45, 2.75) is 38.5 Å². The van der Waals surface area contributed by atoms with Gasteiger partial charge in [0.25, 0.3) is 0 Å². The Balaban J connectivity index is 1.91. The first-order chi connectivity index (χ1) is 10.4. The molecule has 1 atom stereocenters. The molecule has 2 aromatic carbocycles. The number of aliphatic hydroxyl groups is 1. The molecule has 0 saturated heterocycles. The Morgan fingerprint density at radius 1 is 0.909 bits per heavy atom. The first kappa shape index (κ1) is 16.6. The molecule has 1 N–H and O–H groups in total. The largest absolute Gasteiger partial charge is 0.414 e. The first-order valence-corrected chi connectivity index (χ1v) is 7.27. The van der Waals surface area contributed by atoms with Crippen LogP contribution in [0.15, 0.2) is 48.5 Å². The Morgan fingerprint density at radius 3 is 1.91 bits per heavy atom. The van der Waals surface area contributed by atoms with E-state index in [1.807, 2.05) is 55.5 Å². The van der Waals surface area contributed by atoms with Crippen molar-refractivity contribution in [2.24, 2.45) is 0 Å². The van der Waals surface area contributed by atoms with Crippen molar-refractivity contribution in [1.29, 1.82) is 0 Å². The van der Waals surface area contributed by atoms with E-state index in [0.717, 1.165) is 16.7 Å². The van der Waals surface area contributed by atoms with Crippen LogP contribution in [0, 0.1) is 6.92 Å². The second-order valence-corrected chi connectivity index (χ2v) is 5.51. The highest BCUT2D eigenvalue weighted by Gasteiger charge is 2.37. The van der Waals surface area contributed by atoms with E-state index in [2.05, 4.69) is 0 Å². The molecule has 0 amide bonds. The fourth-order valence-corrected chi connectivity index (χ4v) is 2.27. The van der Waals surface area contributed by atoms with Crippen molar-refractivity contribution in [3.05, 3.63) is 59.7 Å². The highest BCUT2D eigenvalue weighted by atomic mass is 19.4. The molecule has 0 aliphatic rings. The van der Waals surface area contributed by atoms with Gasteiger partial charge in [-0.1, -0.05) is 54.1 Å². The van der Waals surface area contributed by atoms with Crippen LogP contribution in [0.2, 0.25) is 0 Å². The number of alkyl halides is 3. The normalized spacial score (nSPS) is 13.1. The summed E-state index contributed by atoms with van der Waals surface area (Å²) in [5.41, 5.74) is 4.37. The van der Waals surface area contributed by atoms with Crippen molar-refractivity contribution >= 4 is 0 Å². The zero-order valence-electron chi connectivity index (χ0n) is 12.4. The lowest BCUT2D eigenvalue weighted by Crippen LogP contribution is -2.28. The van der Waals surface area contributed by atoms with Gasteiger partial charge in [0.2, 0.25) is 0 Å². The molecule has 0 aliphatic heterocycles. The minimum Gasteiger partial charge on any atom is -0.384 e. The highest BCUT2D eigenvalue weighted by molar-refractivity contribution is 5.63. The van der Waals surface area contributed by atoms with Crippen molar-refractivity contribution in [1.82, 2.24) is 0 Å². The van der Waals surface area contributed by atoms with Gasteiger partial charge >= 0.3 is 6.18 Å². The zero-order valence-corrected chi connectivity index (χ0v) is 12.4. The number of hydrogen-bond acceptors (Lipinski definition) is 1. The Bertz CT molecular complexity index is 585. The molecular weight excluding hydrogens is 289 g/mol. The van der Waals surface area contributed by atoms with Gasteiger partial charge in [0.15, 0.2) is 0 Å². The lowest BCUT2D eigenvalue weighted by molar-refractivity contribution is -0.205. The van der Waals surface area contributed by atoms with E-state index in [9.17, 15) is 13.2 Å². The number of hydrogen-bond donors (Lipinski definition) is 1. The third kappa shape index (κ3) is 4.60. The SMILES string of the molecule is Cc1ccc(-c2ccc(CCCC(O)C(F)(F)F)cc2)cc1. The number of halogens is 3. The molecule has 118 valence electrons. The van der Waals surface area contributed by atoms with Crippen molar-refractivity contribution in [3.63, 3.8) is 0 Å². The minimum absolute atomic E-state index is 0.261. The molecule has 0 heterocycles. The molecule has 0 fully saturated rings. The first-order valence-electron chi connectivity index (χ1n) is 7.27. The van der Waals surface area contributed by atoms with Crippen LogP contribution < -0.4 is 0 Å². The lowest BCUT2D eigenvalue weighted by atomic mass is 10.0. The summed E-state index contributed by atoms with van der Waals surface area (Å²) in [6, 6.07) is 16.0. The Kier molecular flexibility index (Phi) is 5.24. The summed E-state index contributed by atoms with van der Waals surface area (Å²) < 4.78 is 36.6. The molecule has 4 heteroatoms. The molecule has 2 aromatic rings. The quantitative estimate of drug-likeness (QED) is 0.832. The van der Waals surface area contributed by atoms with Gasteiger partial charge in [-0.05, 0) is 42.9 Å². The predicted octanol–water partition coefficient (Wildman–Crippen LogP) is 4.91. The summed E-state index contributed by atoms with van der Waals surface area (Å²) in [6.45, 7) is 2.03. The van der Waals surface area contributed by atoms with E-state index in [0.29, 0.717) is 12.8 Å². The molecular formula is C18H19F3O. The highest BCUT2D eigenvalue weighted by Crippen LogP contribution is 2.24. The molecule has 2 rings (SSSR count). The number of aryl methyl sites for hydroxylation is 2. The Labute approximate surface area is 128 Å². The summed E-state index contributed by atoms with van der Waals surface area (Å²) in [4.78, 5) is 0. The van der Waals surface area contributed by atoms with Gasteiger partial charge in [0.1, 0.15) is 6.10 Å². The third-order valence-electron chi connectivity index (χ3n) is 3.66. The molecule has 22 heavy (non-hydrogen) atoms. The predicted molar refractivity (Wildman–Crippen MR) is 81.6 cm³/mol. The second-order valence-electron chi connectivity index (χ2n) is 5.51. The fraction of sp³-hybridized carbons (Fsp3) is 0.333. The van der Waals surface area contributed by atoms with Crippen molar-refractivity contribution in [2.75, 3.05) is 0 Å². The molecule has 0 spiro atoms. The maximum atomic E-state index is 12.2. The van der Waals surface area contributed by atoms with Crippen LogP contribution in [-0.2, 0) is 6.42 Å². The van der Waals surface area contributed by atoms with Gasteiger partial charge in [0.05, 0.1) is 0 Å². The Morgan fingerprint density at radius 2 is 1.41 bits per heavy atom. The molecule has 0 radical (unpaired) electrons. The summed E-state index contributed by atoms with van der Waals surface area (Å²) >= 11 is 0. The van der Waals surface area contributed by atoms with Gasteiger partial charge in [-0.25, -0.2) is 0 Å². The smallest absolute Gasteiger partial charge is 0.384 e. The summed E-state index contributed by atoms with van der Waals surface area (Å²) in [5.74, 6) is 0. The van der Waals surface area contributed by atoms with E-state index < -0.39 is 12.3 Å². The summed E-state index contributed by atoms with van der Waals surface area (Å²) in [7, 11) is 0. The number of aliphatic hydroxyl groups excluding tert-OH is 1. The van der Waals surface area contributed by atoms with Crippen LogP contribution in [-0.4, -0.2) is 17.4 Å². The van der Waals surface area contributed by atoms with Crippen LogP contribution in [0.1, 0.15) is 24.0 Å². The van der Waals surface area contributed by atoms with Crippen molar-refractivity contribution in [3.8, 4) is 11.1 Å². The summed E-state index contributed by atoms with van der Waals surface area (Å²) in [5, 5.41) is 8.95. The molecule has 0 saturated carbocycles. The fourth-order valence-electron chi connectivity index (χ4n) is 2.27. The van der Waals surface area contributed by atoms with Gasteiger partial charge in [0, 0.05) is 0 Å². The van der Waals surface area contributed by atoms with Crippen LogP contribution >= 0.6 is 0 Å². The average Bonchev–Trinajstić information content (AvgIpc) is 2.48. The van der Waals surface area contributed by atoms with Crippen molar-refractivity contribution < 1.29 is 18.3 Å². The van der Waals surface area contributed by atoms with Crippen LogP contribution in [0.25, 0.3) is 11.1 Å². The average molecular weight is 308 g/mol. The van der Waals surface area contributed by atoms with Crippen LogP contribution in [0.4, 0.5) is 13.2 Å². The van der Waals surface area contributed by atoms with Crippen LogP contribution in [0.5, 0.6) is 0 Å². The number of rotatable bonds is 5. The van der Waals surface area contributed by atoms with Gasteiger partial charge in [-0.2, -0.15) is 13.2 Å².